The van der Waals surface area contributed by atoms with Crippen LogP contribution in [0, 0.1) is 6.92 Å². The van der Waals surface area contributed by atoms with Crippen LogP contribution in [0.2, 0.25) is 0 Å². The van der Waals surface area contributed by atoms with Crippen molar-refractivity contribution in [3.8, 4) is 11.6 Å². The van der Waals surface area contributed by atoms with Crippen LogP contribution in [0.3, 0.4) is 0 Å². The molecule has 7 nitrogen and oxygen atoms in total. The second-order valence-corrected chi connectivity index (χ2v) is 8.35. The Bertz CT molecular complexity index is 918. The number of aryl methyl sites for hydroxylation is 1. The number of aromatic nitrogens is 1. The second-order valence-electron chi connectivity index (χ2n) is 6.67. The Morgan fingerprint density at radius 3 is 2.59 bits per heavy atom. The quantitative estimate of drug-likeness (QED) is 0.640. The van der Waals surface area contributed by atoms with Crippen molar-refractivity contribution < 1.29 is 26.7 Å². The van der Waals surface area contributed by atoms with Crippen LogP contribution in [0.15, 0.2) is 41.3 Å². The molecular formula is C19H23F2N3O4S. The Morgan fingerprint density at radius 1 is 1.21 bits per heavy atom. The normalized spacial score (nSPS) is 16.8. The highest BCUT2D eigenvalue weighted by atomic mass is 32.2. The zero-order chi connectivity index (χ0) is 20.9. The Hall–Kier alpha value is -2.46. The molecule has 0 aliphatic carbocycles. The highest BCUT2D eigenvalue weighted by Crippen LogP contribution is 2.23. The molecule has 1 aliphatic heterocycles. The number of halogens is 2. The van der Waals surface area contributed by atoms with E-state index in [-0.39, 0.29) is 10.6 Å². The fourth-order valence-electron chi connectivity index (χ4n) is 2.89. The van der Waals surface area contributed by atoms with Gasteiger partial charge in [0.15, 0.2) is 0 Å². The van der Waals surface area contributed by atoms with Crippen molar-refractivity contribution in [1.29, 1.82) is 0 Å². The number of sulfonamides is 1. The van der Waals surface area contributed by atoms with Crippen LogP contribution in [0.25, 0.3) is 0 Å². The highest BCUT2D eigenvalue weighted by Gasteiger charge is 2.18. The van der Waals surface area contributed by atoms with E-state index in [1.165, 1.54) is 24.3 Å². The summed E-state index contributed by atoms with van der Waals surface area (Å²) >= 11 is 0. The molecule has 2 heterocycles. The third-order valence-corrected chi connectivity index (χ3v) is 5.79. The fourth-order valence-corrected chi connectivity index (χ4v) is 4.01. The molecule has 29 heavy (non-hydrogen) atoms. The van der Waals surface area contributed by atoms with Gasteiger partial charge in [-0.1, -0.05) is 0 Å². The molecule has 0 amide bonds. The van der Waals surface area contributed by atoms with Gasteiger partial charge in [0.25, 0.3) is 16.4 Å². The Balaban J connectivity index is 1.63. The van der Waals surface area contributed by atoms with Gasteiger partial charge in [0.2, 0.25) is 5.88 Å². The summed E-state index contributed by atoms with van der Waals surface area (Å²) in [6.45, 7) is 2.43. The van der Waals surface area contributed by atoms with E-state index in [4.69, 9.17) is 9.47 Å². The van der Waals surface area contributed by atoms with Crippen LogP contribution >= 0.6 is 0 Å². The van der Waals surface area contributed by atoms with E-state index in [2.05, 4.69) is 15.0 Å². The number of benzene rings is 1. The van der Waals surface area contributed by atoms with Crippen LogP contribution in [0.4, 0.5) is 14.5 Å². The van der Waals surface area contributed by atoms with Crippen molar-refractivity contribution in [1.82, 2.24) is 10.3 Å². The van der Waals surface area contributed by atoms with Gasteiger partial charge in [0, 0.05) is 12.1 Å². The van der Waals surface area contributed by atoms with Gasteiger partial charge in [-0.25, -0.2) is 22.2 Å². The third kappa shape index (κ3) is 6.01. The van der Waals surface area contributed by atoms with Gasteiger partial charge in [-0.3, -0.25) is 4.72 Å². The number of pyridine rings is 1. The number of hydrogen-bond acceptors (Lipinski definition) is 6. The zero-order valence-corrected chi connectivity index (χ0v) is 16.7. The Labute approximate surface area is 168 Å². The van der Waals surface area contributed by atoms with Crippen LogP contribution < -0.4 is 19.5 Å². The first-order valence-corrected chi connectivity index (χ1v) is 10.7. The van der Waals surface area contributed by atoms with Gasteiger partial charge >= 0.3 is 0 Å². The Morgan fingerprint density at radius 2 is 1.97 bits per heavy atom. The molecule has 1 aromatic carbocycles. The van der Waals surface area contributed by atoms with E-state index in [9.17, 15) is 17.2 Å². The van der Waals surface area contributed by atoms with Gasteiger partial charge in [0.1, 0.15) is 19.0 Å². The number of nitrogens with one attached hydrogen (secondary N) is 2. The van der Waals surface area contributed by atoms with Crippen LogP contribution in [0.5, 0.6) is 11.6 Å². The molecule has 1 fully saturated rings. The predicted octanol–water partition coefficient (Wildman–Crippen LogP) is 2.97. The maximum Gasteiger partial charge on any atom is 0.272 e. The van der Waals surface area contributed by atoms with E-state index in [0.29, 0.717) is 29.9 Å². The predicted molar refractivity (Wildman–Crippen MR) is 104 cm³/mol. The summed E-state index contributed by atoms with van der Waals surface area (Å²) in [6, 6.07) is 8.75. The van der Waals surface area contributed by atoms with Crippen molar-refractivity contribution in [3.05, 3.63) is 42.1 Å². The number of alkyl halides is 2. The molecule has 0 spiro atoms. The summed E-state index contributed by atoms with van der Waals surface area (Å²) in [6.07, 6.45) is -0.416. The largest absolute Gasteiger partial charge is 0.488 e. The molecule has 10 heteroatoms. The summed E-state index contributed by atoms with van der Waals surface area (Å²) in [7, 11) is -3.87. The number of nitrogens with zero attached hydrogens (tertiary/aromatic N) is 1. The maximum atomic E-state index is 12.6. The molecule has 1 saturated heterocycles. The molecule has 0 radical (unpaired) electrons. The summed E-state index contributed by atoms with van der Waals surface area (Å²) < 4.78 is 62.5. The standard InChI is InChI=1S/C19H23F2N3O4S/c1-13-17(8-9-19(23-13)28-11-14-3-2-10-22-14)24-29(25,26)16-6-4-15(5-7-16)27-12-18(20)21/h4-9,14,18,22,24H,2-3,10-12H2,1H3. The van der Waals surface area contributed by atoms with E-state index in [1.807, 2.05) is 0 Å². The van der Waals surface area contributed by atoms with Crippen molar-refractivity contribution in [2.75, 3.05) is 24.5 Å². The minimum Gasteiger partial charge on any atom is -0.488 e. The lowest BCUT2D eigenvalue weighted by atomic mass is 10.2. The first-order valence-electron chi connectivity index (χ1n) is 9.21. The van der Waals surface area contributed by atoms with Crippen molar-refractivity contribution >= 4 is 15.7 Å². The van der Waals surface area contributed by atoms with Gasteiger partial charge in [-0.05, 0) is 56.6 Å². The SMILES string of the molecule is Cc1nc(OCC2CCCN2)ccc1NS(=O)(=O)c1ccc(OCC(F)F)cc1. The molecule has 158 valence electrons. The zero-order valence-electron chi connectivity index (χ0n) is 15.9. The number of hydrogen-bond donors (Lipinski definition) is 2. The van der Waals surface area contributed by atoms with E-state index in [0.717, 1.165) is 19.4 Å². The summed E-state index contributed by atoms with van der Waals surface area (Å²) in [5, 5.41) is 3.33. The molecule has 2 N–H and O–H groups in total. The molecule has 2 aromatic rings. The van der Waals surface area contributed by atoms with Crippen LogP contribution in [-0.2, 0) is 10.0 Å². The molecule has 0 bridgehead atoms. The monoisotopic (exact) mass is 427 g/mol. The number of rotatable bonds is 9. The first-order chi connectivity index (χ1) is 13.8. The van der Waals surface area contributed by atoms with E-state index in [1.54, 1.807) is 19.1 Å². The smallest absolute Gasteiger partial charge is 0.272 e. The third-order valence-electron chi connectivity index (χ3n) is 4.41. The minimum absolute atomic E-state index is 0.0195. The molecule has 1 aromatic heterocycles. The Kier molecular flexibility index (Phi) is 6.86. The maximum absolute atomic E-state index is 12.6. The molecule has 3 rings (SSSR count). The summed E-state index contributed by atoms with van der Waals surface area (Å²) in [5.41, 5.74) is 0.803. The van der Waals surface area contributed by atoms with Gasteiger partial charge in [0.05, 0.1) is 16.3 Å². The average molecular weight is 427 g/mol. The molecule has 1 unspecified atom stereocenters. The molecule has 1 aliphatic rings. The molecular weight excluding hydrogens is 404 g/mol. The van der Waals surface area contributed by atoms with E-state index >= 15 is 0 Å². The van der Waals surface area contributed by atoms with Crippen molar-refractivity contribution in [3.63, 3.8) is 0 Å². The number of ether oxygens (including phenoxy) is 2. The lowest BCUT2D eigenvalue weighted by Gasteiger charge is -2.14. The topological polar surface area (TPSA) is 89.5 Å². The second kappa shape index (κ2) is 9.36. The lowest BCUT2D eigenvalue weighted by molar-refractivity contribution is 0.0819. The van der Waals surface area contributed by atoms with Crippen molar-refractivity contribution in [2.45, 2.75) is 37.1 Å². The molecule has 1 atom stereocenters. The average Bonchev–Trinajstić information content (AvgIpc) is 3.20. The van der Waals surface area contributed by atoms with Crippen molar-refractivity contribution in [2.24, 2.45) is 0 Å². The fraction of sp³-hybridized carbons (Fsp3) is 0.421. The van der Waals surface area contributed by atoms with Gasteiger partial charge < -0.3 is 14.8 Å². The summed E-state index contributed by atoms with van der Waals surface area (Å²) in [5.74, 6) is 0.597. The highest BCUT2D eigenvalue weighted by molar-refractivity contribution is 7.92. The van der Waals surface area contributed by atoms with E-state index < -0.39 is 23.1 Å². The number of anilines is 1. The van der Waals surface area contributed by atoms with Gasteiger partial charge in [-0.15, -0.1) is 0 Å². The minimum atomic E-state index is -3.87. The first kappa shape index (κ1) is 21.3. The van der Waals surface area contributed by atoms with Crippen LogP contribution in [0.1, 0.15) is 18.5 Å². The van der Waals surface area contributed by atoms with Crippen LogP contribution in [-0.4, -0.2) is 45.6 Å². The summed E-state index contributed by atoms with van der Waals surface area (Å²) in [4.78, 5) is 4.28. The lowest BCUT2D eigenvalue weighted by Crippen LogP contribution is -2.28. The van der Waals surface area contributed by atoms with Gasteiger partial charge in [-0.2, -0.15) is 0 Å². The molecule has 0 saturated carbocycles.